The van der Waals surface area contributed by atoms with E-state index in [1.165, 1.54) is 19.8 Å². The van der Waals surface area contributed by atoms with Crippen LogP contribution in [0.3, 0.4) is 0 Å². The molecule has 0 bridgehead atoms. The summed E-state index contributed by atoms with van der Waals surface area (Å²) in [6, 6.07) is 12.9. The van der Waals surface area contributed by atoms with Crippen LogP contribution in [0.4, 0.5) is 0 Å². The van der Waals surface area contributed by atoms with Crippen molar-refractivity contribution in [3.63, 3.8) is 0 Å². The number of benzene rings is 2. The minimum Gasteiger partial charge on any atom is -0.493 e. The molecule has 2 rings (SSSR count). The third kappa shape index (κ3) is 5.49. The van der Waals surface area contributed by atoms with Gasteiger partial charge in [-0.15, -0.1) is 0 Å². The second-order valence-electron chi connectivity index (χ2n) is 6.86. The van der Waals surface area contributed by atoms with Gasteiger partial charge in [0, 0.05) is 5.56 Å². The van der Waals surface area contributed by atoms with Crippen molar-refractivity contribution in [3.8, 4) is 11.5 Å². The molecule has 2 aromatic carbocycles. The molecule has 0 radical (unpaired) electrons. The molecular weight excluding hydrogens is 356 g/mol. The first-order valence-electron chi connectivity index (χ1n) is 9.25. The summed E-state index contributed by atoms with van der Waals surface area (Å²) < 4.78 is 10.3. The number of methoxy groups -OCH3 is 2. The SMILES string of the molecule is COc1ccc(C(=O)NCC(=O)NC(C)c2ccc(C(C)C)cc2)cc1OC. The number of carbonyl (C=O) groups is 2. The first-order valence-corrected chi connectivity index (χ1v) is 9.25. The number of nitrogens with one attached hydrogen (secondary N) is 2. The normalized spacial score (nSPS) is 11.6. The van der Waals surface area contributed by atoms with Crippen LogP contribution >= 0.6 is 0 Å². The molecule has 2 amide bonds. The number of hydrogen-bond donors (Lipinski definition) is 2. The summed E-state index contributed by atoms with van der Waals surface area (Å²) in [5, 5.41) is 5.52. The molecule has 0 fully saturated rings. The lowest BCUT2D eigenvalue weighted by molar-refractivity contribution is -0.120. The molecule has 0 aliphatic heterocycles. The Kier molecular flexibility index (Phi) is 7.44. The second kappa shape index (κ2) is 9.78. The van der Waals surface area contributed by atoms with Gasteiger partial charge in [0.1, 0.15) is 0 Å². The van der Waals surface area contributed by atoms with E-state index in [0.29, 0.717) is 23.0 Å². The summed E-state index contributed by atoms with van der Waals surface area (Å²) in [6.45, 7) is 6.09. The summed E-state index contributed by atoms with van der Waals surface area (Å²) in [6.07, 6.45) is 0. The highest BCUT2D eigenvalue weighted by Gasteiger charge is 2.14. The van der Waals surface area contributed by atoms with Gasteiger partial charge in [0.05, 0.1) is 26.8 Å². The molecule has 0 spiro atoms. The van der Waals surface area contributed by atoms with Gasteiger partial charge in [-0.3, -0.25) is 9.59 Å². The maximum atomic E-state index is 12.3. The van der Waals surface area contributed by atoms with E-state index in [-0.39, 0.29) is 24.4 Å². The first-order chi connectivity index (χ1) is 13.3. The molecule has 150 valence electrons. The molecular formula is C22H28N2O4. The van der Waals surface area contributed by atoms with Crippen LogP contribution in [-0.4, -0.2) is 32.6 Å². The van der Waals surface area contributed by atoms with Gasteiger partial charge in [0.15, 0.2) is 11.5 Å². The topological polar surface area (TPSA) is 76.7 Å². The Morgan fingerprint density at radius 2 is 1.50 bits per heavy atom. The van der Waals surface area contributed by atoms with E-state index in [2.05, 4.69) is 36.6 Å². The van der Waals surface area contributed by atoms with Crippen molar-refractivity contribution in [2.45, 2.75) is 32.7 Å². The lowest BCUT2D eigenvalue weighted by Gasteiger charge is -2.16. The number of hydrogen-bond acceptors (Lipinski definition) is 4. The highest BCUT2D eigenvalue weighted by molar-refractivity contribution is 5.97. The molecule has 1 atom stereocenters. The number of amides is 2. The fourth-order valence-corrected chi connectivity index (χ4v) is 2.79. The lowest BCUT2D eigenvalue weighted by Crippen LogP contribution is -2.38. The highest BCUT2D eigenvalue weighted by atomic mass is 16.5. The van der Waals surface area contributed by atoms with Crippen molar-refractivity contribution in [2.24, 2.45) is 0 Å². The molecule has 6 nitrogen and oxygen atoms in total. The fraction of sp³-hybridized carbons (Fsp3) is 0.364. The molecule has 1 unspecified atom stereocenters. The van der Waals surface area contributed by atoms with Crippen molar-refractivity contribution in [1.82, 2.24) is 10.6 Å². The molecule has 2 aromatic rings. The predicted octanol–water partition coefficient (Wildman–Crippen LogP) is 3.43. The minimum absolute atomic E-state index is 0.110. The van der Waals surface area contributed by atoms with Crippen LogP contribution in [0, 0.1) is 0 Å². The minimum atomic E-state index is -0.356. The van der Waals surface area contributed by atoms with Crippen molar-refractivity contribution in [3.05, 3.63) is 59.2 Å². The van der Waals surface area contributed by atoms with E-state index in [1.807, 2.05) is 19.1 Å². The van der Waals surface area contributed by atoms with E-state index in [4.69, 9.17) is 9.47 Å². The van der Waals surface area contributed by atoms with Gasteiger partial charge < -0.3 is 20.1 Å². The Labute approximate surface area is 166 Å². The van der Waals surface area contributed by atoms with E-state index in [0.717, 1.165) is 5.56 Å². The highest BCUT2D eigenvalue weighted by Crippen LogP contribution is 2.27. The van der Waals surface area contributed by atoms with Crippen LogP contribution in [0.1, 0.15) is 54.2 Å². The molecule has 0 aliphatic rings. The predicted molar refractivity (Wildman–Crippen MR) is 109 cm³/mol. The average Bonchev–Trinajstić information content (AvgIpc) is 2.71. The molecule has 6 heteroatoms. The van der Waals surface area contributed by atoms with E-state index < -0.39 is 0 Å². The summed E-state index contributed by atoms with van der Waals surface area (Å²) >= 11 is 0. The number of ether oxygens (including phenoxy) is 2. The molecule has 0 saturated carbocycles. The molecule has 0 aromatic heterocycles. The van der Waals surface area contributed by atoms with Crippen LogP contribution in [0.15, 0.2) is 42.5 Å². The summed E-state index contributed by atoms with van der Waals surface area (Å²) in [4.78, 5) is 24.5. The summed E-state index contributed by atoms with van der Waals surface area (Å²) in [7, 11) is 3.03. The molecule has 0 aliphatic carbocycles. The van der Waals surface area contributed by atoms with Gasteiger partial charge in [-0.05, 0) is 42.2 Å². The standard InChI is InChI=1S/C22H28N2O4/c1-14(2)16-6-8-17(9-7-16)15(3)24-21(25)13-23-22(26)18-10-11-19(27-4)20(12-18)28-5/h6-12,14-15H,13H2,1-5H3,(H,23,26)(H,24,25). The third-order valence-corrected chi connectivity index (χ3v) is 4.54. The van der Waals surface area contributed by atoms with Gasteiger partial charge in [0.25, 0.3) is 5.91 Å². The first kappa shape index (κ1) is 21.3. The monoisotopic (exact) mass is 384 g/mol. The van der Waals surface area contributed by atoms with Crippen molar-refractivity contribution < 1.29 is 19.1 Å². The zero-order chi connectivity index (χ0) is 20.7. The van der Waals surface area contributed by atoms with Gasteiger partial charge in [0.2, 0.25) is 5.91 Å². The Balaban J connectivity index is 1.90. The molecule has 0 heterocycles. The molecule has 28 heavy (non-hydrogen) atoms. The molecule has 0 saturated heterocycles. The largest absolute Gasteiger partial charge is 0.493 e. The average molecular weight is 384 g/mol. The van der Waals surface area contributed by atoms with Crippen LogP contribution in [0.5, 0.6) is 11.5 Å². The fourth-order valence-electron chi connectivity index (χ4n) is 2.79. The van der Waals surface area contributed by atoms with Gasteiger partial charge in [-0.1, -0.05) is 38.1 Å². The Morgan fingerprint density at radius 3 is 2.07 bits per heavy atom. The zero-order valence-corrected chi connectivity index (χ0v) is 17.0. The lowest BCUT2D eigenvalue weighted by atomic mass is 9.99. The van der Waals surface area contributed by atoms with Gasteiger partial charge in [-0.2, -0.15) is 0 Å². The Bertz CT molecular complexity index is 816. The van der Waals surface area contributed by atoms with Gasteiger partial charge in [-0.25, -0.2) is 0 Å². The quantitative estimate of drug-likeness (QED) is 0.731. The third-order valence-electron chi connectivity index (χ3n) is 4.54. The second-order valence-corrected chi connectivity index (χ2v) is 6.86. The van der Waals surface area contributed by atoms with Crippen LogP contribution in [0.2, 0.25) is 0 Å². The maximum absolute atomic E-state index is 12.3. The maximum Gasteiger partial charge on any atom is 0.251 e. The van der Waals surface area contributed by atoms with Crippen molar-refractivity contribution >= 4 is 11.8 Å². The van der Waals surface area contributed by atoms with Crippen LogP contribution in [0.25, 0.3) is 0 Å². The van der Waals surface area contributed by atoms with Crippen LogP contribution in [-0.2, 0) is 4.79 Å². The smallest absolute Gasteiger partial charge is 0.251 e. The summed E-state index contributed by atoms with van der Waals surface area (Å²) in [5.41, 5.74) is 2.66. The number of carbonyl (C=O) groups excluding carboxylic acids is 2. The van der Waals surface area contributed by atoms with Crippen molar-refractivity contribution in [2.75, 3.05) is 20.8 Å². The molecule has 2 N–H and O–H groups in total. The number of rotatable bonds is 8. The van der Waals surface area contributed by atoms with Crippen molar-refractivity contribution in [1.29, 1.82) is 0 Å². The van der Waals surface area contributed by atoms with E-state index >= 15 is 0 Å². The van der Waals surface area contributed by atoms with Crippen LogP contribution < -0.4 is 20.1 Å². The van der Waals surface area contributed by atoms with E-state index in [9.17, 15) is 9.59 Å². The Hall–Kier alpha value is -3.02. The Morgan fingerprint density at radius 1 is 0.893 bits per heavy atom. The summed E-state index contributed by atoms with van der Waals surface area (Å²) in [5.74, 6) is 0.845. The van der Waals surface area contributed by atoms with E-state index in [1.54, 1.807) is 18.2 Å². The van der Waals surface area contributed by atoms with Gasteiger partial charge >= 0.3 is 0 Å². The zero-order valence-electron chi connectivity index (χ0n) is 17.0.